The summed E-state index contributed by atoms with van der Waals surface area (Å²) in [5, 5.41) is 15.3. The van der Waals surface area contributed by atoms with Crippen molar-refractivity contribution in [3.63, 3.8) is 0 Å². The van der Waals surface area contributed by atoms with Gasteiger partial charge in [0, 0.05) is 5.92 Å². The molecule has 5 heteroatoms. The number of piperidine rings is 1. The Hall–Kier alpha value is -1.10. The van der Waals surface area contributed by atoms with Gasteiger partial charge in [-0.1, -0.05) is 20.8 Å². The number of nitrogens with one attached hydrogen (secondary N) is 2. The van der Waals surface area contributed by atoms with Crippen LogP contribution in [-0.4, -0.2) is 36.1 Å². The van der Waals surface area contributed by atoms with Gasteiger partial charge in [0.2, 0.25) is 5.91 Å². The number of rotatable bonds is 3. The van der Waals surface area contributed by atoms with Gasteiger partial charge < -0.3 is 15.7 Å². The van der Waals surface area contributed by atoms with E-state index in [1.807, 2.05) is 20.8 Å². The highest BCUT2D eigenvalue weighted by molar-refractivity contribution is 5.87. The first-order valence-corrected chi connectivity index (χ1v) is 7.00. The maximum absolute atomic E-state index is 12.2. The molecular weight excluding hydrogens is 244 g/mol. The lowest BCUT2D eigenvalue weighted by Crippen LogP contribution is -2.50. The van der Waals surface area contributed by atoms with Crippen LogP contribution in [0, 0.1) is 16.7 Å². The first-order chi connectivity index (χ1) is 8.76. The SMILES string of the molecule is CC(C)(C)[C@@H](NC(=O)C1CC12CCNCC2)C(=O)O. The molecule has 3 N–H and O–H groups in total. The summed E-state index contributed by atoms with van der Waals surface area (Å²) in [5.74, 6) is -1.02. The molecule has 1 spiro atoms. The number of carbonyl (C=O) groups excluding carboxylic acids is 1. The summed E-state index contributed by atoms with van der Waals surface area (Å²) >= 11 is 0. The number of aliphatic carboxylic acids is 1. The van der Waals surface area contributed by atoms with Crippen molar-refractivity contribution in [2.45, 2.75) is 46.1 Å². The summed E-state index contributed by atoms with van der Waals surface area (Å²) < 4.78 is 0. The van der Waals surface area contributed by atoms with Crippen LogP contribution in [0.15, 0.2) is 0 Å². The minimum Gasteiger partial charge on any atom is -0.480 e. The zero-order chi connectivity index (χ0) is 14.3. The first-order valence-electron chi connectivity index (χ1n) is 7.00. The molecule has 1 aliphatic carbocycles. The third kappa shape index (κ3) is 2.91. The third-order valence-corrected chi connectivity index (χ3v) is 4.51. The number of carboxylic acids is 1. The van der Waals surface area contributed by atoms with Crippen LogP contribution in [0.3, 0.4) is 0 Å². The number of hydrogen-bond acceptors (Lipinski definition) is 3. The van der Waals surface area contributed by atoms with Crippen LogP contribution >= 0.6 is 0 Å². The van der Waals surface area contributed by atoms with E-state index in [9.17, 15) is 14.7 Å². The van der Waals surface area contributed by atoms with Crippen molar-refractivity contribution in [3.05, 3.63) is 0 Å². The average molecular weight is 268 g/mol. The van der Waals surface area contributed by atoms with Crippen molar-refractivity contribution < 1.29 is 14.7 Å². The van der Waals surface area contributed by atoms with Gasteiger partial charge in [0.25, 0.3) is 0 Å². The fourth-order valence-corrected chi connectivity index (χ4v) is 3.09. The van der Waals surface area contributed by atoms with Gasteiger partial charge in [-0.05, 0) is 43.2 Å². The normalized spacial score (nSPS) is 26.8. The molecule has 1 saturated carbocycles. The van der Waals surface area contributed by atoms with Gasteiger partial charge in [-0.25, -0.2) is 4.79 Å². The molecule has 0 aromatic carbocycles. The second-order valence-electron chi connectivity index (χ2n) is 7.01. The molecule has 0 bridgehead atoms. The van der Waals surface area contributed by atoms with Crippen LogP contribution in [0.1, 0.15) is 40.0 Å². The highest BCUT2D eigenvalue weighted by Crippen LogP contribution is 2.58. The van der Waals surface area contributed by atoms with Crippen LogP contribution in [-0.2, 0) is 9.59 Å². The number of carbonyl (C=O) groups is 2. The molecule has 1 amide bonds. The largest absolute Gasteiger partial charge is 0.480 e. The van der Waals surface area contributed by atoms with E-state index < -0.39 is 17.4 Å². The molecule has 5 nitrogen and oxygen atoms in total. The highest BCUT2D eigenvalue weighted by atomic mass is 16.4. The second kappa shape index (κ2) is 4.78. The summed E-state index contributed by atoms with van der Waals surface area (Å²) in [6.07, 6.45) is 2.97. The van der Waals surface area contributed by atoms with E-state index >= 15 is 0 Å². The summed E-state index contributed by atoms with van der Waals surface area (Å²) in [4.78, 5) is 23.5. The molecule has 0 radical (unpaired) electrons. The zero-order valence-electron chi connectivity index (χ0n) is 12.0. The van der Waals surface area contributed by atoms with Crippen LogP contribution in [0.2, 0.25) is 0 Å². The zero-order valence-corrected chi connectivity index (χ0v) is 12.0. The monoisotopic (exact) mass is 268 g/mol. The Morgan fingerprint density at radius 2 is 1.89 bits per heavy atom. The molecule has 2 aliphatic rings. The van der Waals surface area contributed by atoms with Crippen molar-refractivity contribution in [1.29, 1.82) is 0 Å². The topological polar surface area (TPSA) is 78.4 Å². The molecule has 1 saturated heterocycles. The van der Waals surface area contributed by atoms with Crippen LogP contribution in [0.25, 0.3) is 0 Å². The molecule has 0 aromatic heterocycles. The van der Waals surface area contributed by atoms with E-state index in [0.29, 0.717) is 0 Å². The Kier molecular flexibility index (Phi) is 3.60. The van der Waals surface area contributed by atoms with E-state index in [1.54, 1.807) is 0 Å². The smallest absolute Gasteiger partial charge is 0.326 e. The van der Waals surface area contributed by atoms with E-state index in [0.717, 1.165) is 32.4 Å². The molecule has 2 atom stereocenters. The summed E-state index contributed by atoms with van der Waals surface area (Å²) in [7, 11) is 0. The molecule has 1 heterocycles. The number of amides is 1. The summed E-state index contributed by atoms with van der Waals surface area (Å²) in [6.45, 7) is 7.43. The van der Waals surface area contributed by atoms with Crippen molar-refractivity contribution in [2.75, 3.05) is 13.1 Å². The van der Waals surface area contributed by atoms with Gasteiger partial charge >= 0.3 is 5.97 Å². The molecule has 1 aliphatic heterocycles. The van der Waals surface area contributed by atoms with Gasteiger partial charge in [-0.15, -0.1) is 0 Å². The van der Waals surface area contributed by atoms with Crippen LogP contribution < -0.4 is 10.6 Å². The lowest BCUT2D eigenvalue weighted by Gasteiger charge is -2.29. The van der Waals surface area contributed by atoms with E-state index in [4.69, 9.17) is 0 Å². The Bertz CT molecular complexity index is 381. The van der Waals surface area contributed by atoms with Crippen LogP contribution in [0.4, 0.5) is 0 Å². The Balaban J connectivity index is 1.96. The molecule has 108 valence electrons. The predicted molar refractivity (Wildman–Crippen MR) is 71.7 cm³/mol. The summed E-state index contributed by atoms with van der Waals surface area (Å²) in [5.41, 5.74) is -0.325. The lowest BCUT2D eigenvalue weighted by molar-refractivity contribution is -0.145. The quantitative estimate of drug-likeness (QED) is 0.713. The predicted octanol–water partition coefficient (Wildman–Crippen LogP) is 0.992. The molecule has 19 heavy (non-hydrogen) atoms. The fraction of sp³-hybridized carbons (Fsp3) is 0.857. The van der Waals surface area contributed by atoms with Gasteiger partial charge in [-0.3, -0.25) is 4.79 Å². The van der Waals surface area contributed by atoms with Crippen molar-refractivity contribution in [2.24, 2.45) is 16.7 Å². The second-order valence-corrected chi connectivity index (χ2v) is 7.01. The number of carboxylic acid groups (broad SMARTS) is 1. The Morgan fingerprint density at radius 1 is 1.32 bits per heavy atom. The Morgan fingerprint density at radius 3 is 2.37 bits per heavy atom. The van der Waals surface area contributed by atoms with E-state index in [2.05, 4.69) is 10.6 Å². The van der Waals surface area contributed by atoms with Crippen molar-refractivity contribution in [3.8, 4) is 0 Å². The molecular formula is C14H24N2O3. The van der Waals surface area contributed by atoms with Crippen molar-refractivity contribution in [1.82, 2.24) is 10.6 Å². The molecule has 2 rings (SSSR count). The third-order valence-electron chi connectivity index (χ3n) is 4.51. The summed E-state index contributed by atoms with van der Waals surface area (Å²) in [6, 6.07) is -0.820. The first kappa shape index (κ1) is 14.3. The minimum atomic E-state index is -0.958. The average Bonchev–Trinajstić information content (AvgIpc) is 2.98. The fourth-order valence-electron chi connectivity index (χ4n) is 3.09. The minimum absolute atomic E-state index is 0.0128. The highest BCUT2D eigenvalue weighted by Gasteiger charge is 2.58. The maximum Gasteiger partial charge on any atom is 0.326 e. The number of hydrogen-bond donors (Lipinski definition) is 3. The van der Waals surface area contributed by atoms with E-state index in [-0.39, 0.29) is 17.2 Å². The van der Waals surface area contributed by atoms with Gasteiger partial charge in [0.05, 0.1) is 0 Å². The standard InChI is InChI=1S/C14H24N2O3/c1-13(2,3)10(12(18)19)16-11(17)9-8-14(9)4-6-15-7-5-14/h9-10,15H,4-8H2,1-3H3,(H,16,17)(H,18,19)/t9?,10-/m0/s1. The van der Waals surface area contributed by atoms with Crippen LogP contribution in [0.5, 0.6) is 0 Å². The lowest BCUT2D eigenvalue weighted by atomic mass is 9.86. The Labute approximate surface area is 114 Å². The molecule has 2 fully saturated rings. The maximum atomic E-state index is 12.2. The van der Waals surface area contributed by atoms with Crippen molar-refractivity contribution >= 4 is 11.9 Å². The molecule has 0 aromatic rings. The van der Waals surface area contributed by atoms with Gasteiger partial charge in [0.15, 0.2) is 0 Å². The van der Waals surface area contributed by atoms with Gasteiger partial charge in [-0.2, -0.15) is 0 Å². The molecule has 1 unspecified atom stereocenters. The van der Waals surface area contributed by atoms with Gasteiger partial charge in [0.1, 0.15) is 6.04 Å². The van der Waals surface area contributed by atoms with E-state index in [1.165, 1.54) is 0 Å².